The van der Waals surface area contributed by atoms with E-state index in [9.17, 15) is 19.2 Å². The molecule has 1 saturated heterocycles. The number of halogens is 1. The molecule has 1 fully saturated rings. The van der Waals surface area contributed by atoms with E-state index in [1.54, 1.807) is 24.3 Å². The van der Waals surface area contributed by atoms with Gasteiger partial charge in [-0.2, -0.15) is 0 Å². The highest BCUT2D eigenvalue weighted by Gasteiger charge is 2.44. The van der Waals surface area contributed by atoms with Gasteiger partial charge < -0.3 is 39.1 Å². The van der Waals surface area contributed by atoms with Crippen LogP contribution >= 0.6 is 11.6 Å². The molecule has 2 aliphatic heterocycles. The summed E-state index contributed by atoms with van der Waals surface area (Å²) in [6, 6.07) is 13.3. The highest BCUT2D eigenvalue weighted by molar-refractivity contribution is 6.32. The highest BCUT2D eigenvalue weighted by Crippen LogP contribution is 2.39. The fourth-order valence-corrected chi connectivity index (χ4v) is 6.51. The first-order valence-corrected chi connectivity index (χ1v) is 18.2. The van der Waals surface area contributed by atoms with E-state index < -0.39 is 72.5 Å². The molecule has 2 N–H and O–H groups in total. The molecule has 15 nitrogen and oxygen atoms in total. The van der Waals surface area contributed by atoms with Crippen molar-refractivity contribution in [2.45, 2.75) is 83.4 Å². The van der Waals surface area contributed by atoms with E-state index in [1.807, 2.05) is 51.1 Å². The molecule has 16 heteroatoms. The molecular weight excluding hydrogens is 722 g/mol. The molecule has 1 unspecified atom stereocenters. The summed E-state index contributed by atoms with van der Waals surface area (Å²) in [6.07, 6.45) is -0.326. The van der Waals surface area contributed by atoms with E-state index in [0.29, 0.717) is 16.3 Å². The number of methoxy groups -OCH3 is 2. The number of hydrogen-bond donors (Lipinski definition) is 2. The lowest BCUT2D eigenvalue weighted by Gasteiger charge is -2.31. The smallest absolute Gasteiger partial charge is 0.347 e. The molecule has 2 aliphatic rings. The maximum atomic E-state index is 13.9. The van der Waals surface area contributed by atoms with E-state index in [-0.39, 0.29) is 44.7 Å². The molecule has 0 bridgehead atoms. The Morgan fingerprint density at radius 3 is 2.44 bits per heavy atom. The van der Waals surface area contributed by atoms with Crippen molar-refractivity contribution in [3.63, 3.8) is 0 Å². The molecule has 0 aromatic heterocycles. The number of carbonyl (C=O) groups is 4. The van der Waals surface area contributed by atoms with Crippen molar-refractivity contribution >= 4 is 35.4 Å². The first-order valence-electron chi connectivity index (χ1n) is 17.8. The van der Waals surface area contributed by atoms with Crippen LogP contribution in [0.4, 0.5) is 0 Å². The molecule has 8 atom stereocenters. The van der Waals surface area contributed by atoms with Gasteiger partial charge >= 0.3 is 11.9 Å². The number of benzene rings is 2. The third-order valence-electron chi connectivity index (χ3n) is 9.15. The quantitative estimate of drug-likeness (QED) is 0.123. The normalized spacial score (nSPS) is 26.8. The SMILES string of the molecule is COc1ccc(C[C@H]2NC(=O)/C=C/C[C@@H]([C@H](C)[C@H]3OC(OC)O[C@@H]3c3ccccc3)OC(=O)[C@H](CC(C)C)OC(=O)[C@H](CCN=[N+]=[N-])CNC2=O)cc1Cl. The summed E-state index contributed by atoms with van der Waals surface area (Å²) in [7, 11) is 2.94. The second-order valence-corrected chi connectivity index (χ2v) is 13.9. The second-order valence-electron chi connectivity index (χ2n) is 13.5. The average molecular weight is 770 g/mol. The van der Waals surface area contributed by atoms with Gasteiger partial charge in [0.05, 0.1) is 24.2 Å². The number of ether oxygens (including phenoxy) is 6. The Labute approximate surface area is 319 Å². The lowest BCUT2D eigenvalue weighted by Crippen LogP contribution is -2.49. The molecule has 0 spiro atoms. The number of rotatable bonds is 12. The van der Waals surface area contributed by atoms with Gasteiger partial charge in [0, 0.05) is 43.9 Å². The summed E-state index contributed by atoms with van der Waals surface area (Å²) < 4.78 is 34.8. The predicted octanol–water partition coefficient (Wildman–Crippen LogP) is 5.36. The van der Waals surface area contributed by atoms with Crippen LogP contribution in [-0.4, -0.2) is 81.9 Å². The molecule has 4 rings (SSSR count). The largest absolute Gasteiger partial charge is 0.495 e. The van der Waals surface area contributed by atoms with Crippen molar-refractivity contribution in [1.29, 1.82) is 0 Å². The summed E-state index contributed by atoms with van der Waals surface area (Å²) in [5, 5.41) is 9.33. The van der Waals surface area contributed by atoms with Crippen LogP contribution in [0.25, 0.3) is 10.4 Å². The topological polar surface area (TPSA) is 196 Å². The molecule has 292 valence electrons. The zero-order valence-electron chi connectivity index (χ0n) is 31.0. The van der Waals surface area contributed by atoms with Crippen LogP contribution in [0.3, 0.4) is 0 Å². The molecule has 0 radical (unpaired) electrons. The third-order valence-corrected chi connectivity index (χ3v) is 9.44. The first kappa shape index (κ1) is 42.1. The van der Waals surface area contributed by atoms with Crippen molar-refractivity contribution in [1.82, 2.24) is 10.6 Å². The van der Waals surface area contributed by atoms with E-state index in [1.165, 1.54) is 20.3 Å². The van der Waals surface area contributed by atoms with Gasteiger partial charge in [-0.05, 0) is 53.6 Å². The predicted molar refractivity (Wildman–Crippen MR) is 197 cm³/mol. The minimum absolute atomic E-state index is 0.0146. The molecule has 0 saturated carbocycles. The van der Waals surface area contributed by atoms with E-state index in [0.717, 1.165) is 5.56 Å². The molecule has 2 amide bonds. The van der Waals surface area contributed by atoms with Gasteiger partial charge in [0.2, 0.25) is 11.8 Å². The highest BCUT2D eigenvalue weighted by atomic mass is 35.5. The van der Waals surface area contributed by atoms with Crippen LogP contribution in [0.5, 0.6) is 5.75 Å². The molecule has 2 aromatic rings. The summed E-state index contributed by atoms with van der Waals surface area (Å²) in [4.78, 5) is 57.3. The number of cyclic esters (lactones) is 2. The molecule has 0 aliphatic carbocycles. The van der Waals surface area contributed by atoms with Crippen LogP contribution in [0, 0.1) is 17.8 Å². The average Bonchev–Trinajstić information content (AvgIpc) is 3.59. The zero-order chi connectivity index (χ0) is 39.2. The van der Waals surface area contributed by atoms with Crippen molar-refractivity contribution in [2.75, 3.05) is 27.3 Å². The maximum absolute atomic E-state index is 13.9. The van der Waals surface area contributed by atoms with Crippen molar-refractivity contribution in [3.8, 4) is 5.75 Å². The summed E-state index contributed by atoms with van der Waals surface area (Å²) >= 11 is 6.35. The van der Waals surface area contributed by atoms with Crippen LogP contribution in [0.1, 0.15) is 57.3 Å². The summed E-state index contributed by atoms with van der Waals surface area (Å²) in [5.41, 5.74) is 10.3. The Bertz CT molecular complexity index is 1670. The van der Waals surface area contributed by atoms with E-state index >= 15 is 0 Å². The lowest BCUT2D eigenvalue weighted by molar-refractivity contribution is -0.233. The fraction of sp³-hybridized carbons (Fsp3) is 0.526. The Hall–Kier alpha value is -4.66. The van der Waals surface area contributed by atoms with Crippen LogP contribution in [-0.2, 0) is 49.3 Å². The number of amides is 2. The molecule has 2 heterocycles. The Kier molecular flexibility index (Phi) is 16.1. The van der Waals surface area contributed by atoms with Crippen molar-refractivity contribution in [3.05, 3.63) is 87.3 Å². The van der Waals surface area contributed by atoms with Crippen LogP contribution in [0.2, 0.25) is 5.02 Å². The summed E-state index contributed by atoms with van der Waals surface area (Å²) in [6.45, 7) is 4.29. The third kappa shape index (κ3) is 11.9. The Morgan fingerprint density at radius 1 is 1.02 bits per heavy atom. The van der Waals surface area contributed by atoms with E-state index in [4.69, 9.17) is 45.6 Å². The fourth-order valence-electron chi connectivity index (χ4n) is 6.23. The first-order chi connectivity index (χ1) is 25.9. The Morgan fingerprint density at radius 2 is 1.78 bits per heavy atom. The van der Waals surface area contributed by atoms with Gasteiger partial charge in [0.25, 0.3) is 6.48 Å². The van der Waals surface area contributed by atoms with Crippen LogP contribution < -0.4 is 15.4 Å². The van der Waals surface area contributed by atoms with Gasteiger partial charge in [-0.25, -0.2) is 4.79 Å². The summed E-state index contributed by atoms with van der Waals surface area (Å²) in [5.74, 6) is -3.91. The van der Waals surface area contributed by atoms with Gasteiger partial charge in [0.1, 0.15) is 24.0 Å². The minimum atomic E-state index is -1.30. The number of hydrogen-bond acceptors (Lipinski definition) is 11. The number of nitrogens with one attached hydrogen (secondary N) is 2. The van der Waals surface area contributed by atoms with Gasteiger partial charge in [-0.1, -0.05) is 80.0 Å². The zero-order valence-corrected chi connectivity index (χ0v) is 31.8. The standard InChI is InChI=1S/C38H48ClN5O10/c1-22(2)18-31-37(48)51-29(23(3)33-34(54-38(50-5)53-33)25-10-7-6-8-11-25)12-9-13-32(45)43-28(20-24-14-15-30(49-4)27(39)19-24)35(46)41-21-26(36(47)52-31)16-17-42-44-40/h6-11,13-15,19,22-23,26,28-29,31,33-34,38H,12,16-18,20-21H2,1-5H3,(H,41,46)(H,43,45)/b13-9+/t23-,26+,28+,29-,31-,33+,34+,38?/m0/s1. The number of esters is 2. The van der Waals surface area contributed by atoms with E-state index in [2.05, 4.69) is 20.7 Å². The molecule has 54 heavy (non-hydrogen) atoms. The number of nitrogens with zero attached hydrogens (tertiary/aromatic N) is 3. The molecular formula is C38H48ClN5O10. The minimum Gasteiger partial charge on any atom is -0.495 e. The monoisotopic (exact) mass is 769 g/mol. The number of azide groups is 1. The van der Waals surface area contributed by atoms with Gasteiger partial charge in [-0.15, -0.1) is 0 Å². The van der Waals surface area contributed by atoms with Gasteiger partial charge in [0.15, 0.2) is 6.10 Å². The van der Waals surface area contributed by atoms with Crippen LogP contribution in [0.15, 0.2) is 65.8 Å². The lowest BCUT2D eigenvalue weighted by atomic mass is 9.89. The van der Waals surface area contributed by atoms with Crippen molar-refractivity contribution in [2.24, 2.45) is 22.9 Å². The van der Waals surface area contributed by atoms with Crippen molar-refractivity contribution < 1.29 is 47.6 Å². The number of carbonyl (C=O) groups excluding carboxylic acids is 4. The maximum Gasteiger partial charge on any atom is 0.347 e. The van der Waals surface area contributed by atoms with Gasteiger partial charge in [-0.3, -0.25) is 14.4 Å². The second kappa shape index (κ2) is 20.7. The Balaban J connectivity index is 1.69. The molecule has 2 aromatic carbocycles.